The first-order chi connectivity index (χ1) is 17.3. The van der Waals surface area contributed by atoms with Gasteiger partial charge in [0, 0.05) is 36.6 Å². The molecule has 0 amide bonds. The van der Waals surface area contributed by atoms with Gasteiger partial charge in [0.05, 0.1) is 49.2 Å². The first-order valence-corrected chi connectivity index (χ1v) is 14.3. The van der Waals surface area contributed by atoms with Crippen molar-refractivity contribution in [3.05, 3.63) is 48.7 Å². The Balaban J connectivity index is 1.46. The Kier molecular flexibility index (Phi) is 6.47. The van der Waals surface area contributed by atoms with E-state index in [1.165, 1.54) is 0 Å². The van der Waals surface area contributed by atoms with Crippen molar-refractivity contribution in [2.75, 3.05) is 37.1 Å². The van der Waals surface area contributed by atoms with Crippen molar-refractivity contribution in [3.8, 4) is 28.6 Å². The standard InChI is InChI=1S/C25H29N9OS/c1-36(2,3)31-21-6-8-32(9-7-21)23-5-4-18(13-27-23)24-25-19(12-26)14-29-34(25)17-22(30-24)20-15-28-33(16-20)10-11-35/h4-5,13-17,21,35H,1,6-11H2,2-3H3. The van der Waals surface area contributed by atoms with Crippen molar-refractivity contribution in [1.29, 1.82) is 5.26 Å². The summed E-state index contributed by atoms with van der Waals surface area (Å²) < 4.78 is 8.24. The van der Waals surface area contributed by atoms with Gasteiger partial charge in [-0.2, -0.15) is 15.5 Å². The van der Waals surface area contributed by atoms with Gasteiger partial charge >= 0.3 is 0 Å². The van der Waals surface area contributed by atoms with E-state index in [0.717, 1.165) is 42.9 Å². The lowest BCUT2D eigenvalue weighted by Crippen LogP contribution is -2.36. The van der Waals surface area contributed by atoms with Gasteiger partial charge in [0.25, 0.3) is 0 Å². The van der Waals surface area contributed by atoms with Crippen LogP contribution >= 0.6 is 0 Å². The normalized spacial score (nSPS) is 14.8. The van der Waals surface area contributed by atoms with E-state index in [4.69, 9.17) is 14.3 Å². The van der Waals surface area contributed by atoms with Gasteiger partial charge in [-0.25, -0.2) is 14.5 Å². The van der Waals surface area contributed by atoms with E-state index in [9.17, 15) is 10.4 Å². The number of piperidine rings is 1. The van der Waals surface area contributed by atoms with Gasteiger partial charge in [-0.3, -0.25) is 9.04 Å². The molecule has 186 valence electrons. The lowest BCUT2D eigenvalue weighted by molar-refractivity contribution is 0.269. The fourth-order valence-electron chi connectivity index (χ4n) is 4.47. The van der Waals surface area contributed by atoms with Crippen LogP contribution < -0.4 is 4.90 Å². The van der Waals surface area contributed by atoms with Crippen LogP contribution in [0.1, 0.15) is 18.4 Å². The van der Waals surface area contributed by atoms with E-state index < -0.39 is 9.41 Å². The molecule has 36 heavy (non-hydrogen) atoms. The van der Waals surface area contributed by atoms with Crippen molar-refractivity contribution in [2.24, 2.45) is 4.36 Å². The highest BCUT2D eigenvalue weighted by Crippen LogP contribution is 2.30. The molecule has 5 heterocycles. The molecule has 0 spiro atoms. The third kappa shape index (κ3) is 4.96. The van der Waals surface area contributed by atoms with Crippen LogP contribution in [0.15, 0.2) is 47.5 Å². The minimum Gasteiger partial charge on any atom is -0.394 e. The van der Waals surface area contributed by atoms with Crippen LogP contribution in [0.4, 0.5) is 5.82 Å². The average molecular weight is 504 g/mol. The molecule has 0 saturated carbocycles. The van der Waals surface area contributed by atoms with E-state index in [1.54, 1.807) is 27.8 Å². The number of anilines is 1. The summed E-state index contributed by atoms with van der Waals surface area (Å²) >= 11 is 0. The lowest BCUT2D eigenvalue weighted by atomic mass is 10.1. The zero-order valence-corrected chi connectivity index (χ0v) is 21.3. The lowest BCUT2D eigenvalue weighted by Gasteiger charge is -2.31. The highest BCUT2D eigenvalue weighted by molar-refractivity contribution is 8.01. The zero-order chi connectivity index (χ0) is 25.3. The third-order valence-corrected chi connectivity index (χ3v) is 6.99. The molecule has 0 atom stereocenters. The molecule has 1 saturated heterocycles. The molecular weight excluding hydrogens is 474 g/mol. The number of hydrogen-bond donors (Lipinski definition) is 1. The Labute approximate surface area is 210 Å². The summed E-state index contributed by atoms with van der Waals surface area (Å²) in [5, 5.41) is 27.5. The summed E-state index contributed by atoms with van der Waals surface area (Å²) in [6, 6.07) is 6.59. The maximum absolute atomic E-state index is 9.65. The first kappa shape index (κ1) is 24.0. The van der Waals surface area contributed by atoms with Gasteiger partial charge in [-0.05, 0) is 37.5 Å². The molecule has 1 aliphatic heterocycles. The molecule has 4 aromatic heterocycles. The number of hydrogen-bond acceptors (Lipinski definition) is 8. The fraction of sp³-hybridized carbons (Fsp3) is 0.360. The number of rotatable bonds is 6. The second kappa shape index (κ2) is 9.72. The highest BCUT2D eigenvalue weighted by Gasteiger charge is 2.21. The maximum Gasteiger partial charge on any atom is 0.128 e. The molecule has 1 aliphatic rings. The van der Waals surface area contributed by atoms with Crippen LogP contribution in [-0.4, -0.2) is 78.6 Å². The van der Waals surface area contributed by atoms with Crippen LogP contribution in [0.5, 0.6) is 0 Å². The number of pyridine rings is 1. The van der Waals surface area contributed by atoms with E-state index >= 15 is 0 Å². The van der Waals surface area contributed by atoms with Crippen LogP contribution in [0.3, 0.4) is 0 Å². The quantitative estimate of drug-likeness (QED) is 0.401. The average Bonchev–Trinajstić information content (AvgIpc) is 3.50. The molecule has 0 aromatic carbocycles. The number of aliphatic hydroxyl groups excluding tert-OH is 1. The molecule has 4 aromatic rings. The topological polar surface area (TPSA) is 121 Å². The van der Waals surface area contributed by atoms with Gasteiger partial charge in [0.1, 0.15) is 23.0 Å². The summed E-state index contributed by atoms with van der Waals surface area (Å²) in [5.41, 5.74) is 3.99. The summed E-state index contributed by atoms with van der Waals surface area (Å²) in [7, 11) is -1.10. The fourth-order valence-corrected chi connectivity index (χ4v) is 5.49. The van der Waals surface area contributed by atoms with E-state index in [1.807, 2.05) is 24.5 Å². The molecule has 0 unspecified atom stereocenters. The van der Waals surface area contributed by atoms with E-state index in [2.05, 4.69) is 39.5 Å². The second-order valence-corrected chi connectivity index (χ2v) is 12.5. The van der Waals surface area contributed by atoms with Crippen LogP contribution in [0.2, 0.25) is 0 Å². The number of nitriles is 1. The largest absolute Gasteiger partial charge is 0.394 e. The van der Waals surface area contributed by atoms with Gasteiger partial charge in [-0.15, -0.1) is 9.41 Å². The molecule has 10 nitrogen and oxygen atoms in total. The summed E-state index contributed by atoms with van der Waals surface area (Å²) in [6.07, 6.45) is 14.9. The Morgan fingerprint density at radius 1 is 1.14 bits per heavy atom. The Bertz CT molecular complexity index is 1540. The molecule has 1 fully saturated rings. The molecule has 0 bridgehead atoms. The molecule has 5 rings (SSSR count). The molecular formula is C25H29N9OS. The predicted molar refractivity (Wildman–Crippen MR) is 143 cm³/mol. The van der Waals surface area contributed by atoms with Gasteiger partial charge < -0.3 is 10.0 Å². The predicted octanol–water partition coefficient (Wildman–Crippen LogP) is 2.52. The van der Waals surface area contributed by atoms with E-state index in [-0.39, 0.29) is 6.61 Å². The number of aliphatic hydroxyl groups is 1. The van der Waals surface area contributed by atoms with Crippen molar-refractivity contribution >= 4 is 26.6 Å². The monoisotopic (exact) mass is 503 g/mol. The molecule has 0 radical (unpaired) electrons. The number of nitrogens with zero attached hydrogens (tertiary/aromatic N) is 9. The van der Waals surface area contributed by atoms with Crippen molar-refractivity contribution in [3.63, 3.8) is 0 Å². The smallest absolute Gasteiger partial charge is 0.128 e. The van der Waals surface area contributed by atoms with Crippen molar-refractivity contribution < 1.29 is 5.11 Å². The Morgan fingerprint density at radius 3 is 2.61 bits per heavy atom. The van der Waals surface area contributed by atoms with Crippen molar-refractivity contribution in [2.45, 2.75) is 25.4 Å². The second-order valence-electron chi connectivity index (χ2n) is 9.36. The summed E-state index contributed by atoms with van der Waals surface area (Å²) in [4.78, 5) is 11.9. The maximum atomic E-state index is 9.65. The minimum atomic E-state index is -1.10. The minimum absolute atomic E-state index is 0.00279. The highest BCUT2D eigenvalue weighted by atomic mass is 32.2. The van der Waals surface area contributed by atoms with Crippen LogP contribution in [-0.2, 0) is 16.0 Å². The zero-order valence-electron chi connectivity index (χ0n) is 20.4. The van der Waals surface area contributed by atoms with E-state index in [0.29, 0.717) is 35.1 Å². The van der Waals surface area contributed by atoms with Gasteiger partial charge in [0.2, 0.25) is 0 Å². The van der Waals surface area contributed by atoms with Gasteiger partial charge in [0.15, 0.2) is 0 Å². The molecule has 11 heteroatoms. The Hall–Kier alpha value is -3.75. The molecule has 0 aliphatic carbocycles. The third-order valence-electron chi connectivity index (χ3n) is 6.12. The van der Waals surface area contributed by atoms with Gasteiger partial charge in [-0.1, -0.05) is 5.87 Å². The summed E-state index contributed by atoms with van der Waals surface area (Å²) in [5.74, 6) is 5.11. The summed E-state index contributed by atoms with van der Waals surface area (Å²) in [6.45, 7) is 2.23. The Morgan fingerprint density at radius 2 is 1.94 bits per heavy atom. The van der Waals surface area contributed by atoms with Crippen molar-refractivity contribution in [1.82, 2.24) is 29.4 Å². The van der Waals surface area contributed by atoms with Crippen LogP contribution in [0, 0.1) is 11.3 Å². The number of aromatic nitrogens is 6. The SMILES string of the molecule is C=S(C)(C)=NC1CCN(c2ccc(-c3nc(-c4cnn(CCO)c4)cn4ncc(C#N)c34)cn2)CC1. The number of fused-ring (bicyclic) bond motifs is 1. The molecule has 1 N–H and O–H groups in total. The first-order valence-electron chi connectivity index (χ1n) is 11.8. The van der Waals surface area contributed by atoms with Crippen LogP contribution in [0.25, 0.3) is 28.0 Å².